The maximum Gasteiger partial charge on any atom is 0.00580 e. The molecule has 0 saturated heterocycles. The van der Waals surface area contributed by atoms with Crippen LogP contribution in [-0.2, 0) is 0 Å². The van der Waals surface area contributed by atoms with E-state index >= 15 is 0 Å². The van der Waals surface area contributed by atoms with E-state index in [9.17, 15) is 0 Å². The molecule has 0 radical (unpaired) electrons. The van der Waals surface area contributed by atoms with Gasteiger partial charge in [0.05, 0.1) is 0 Å². The number of hydrogen-bond donors (Lipinski definition) is 3. The van der Waals surface area contributed by atoms with Gasteiger partial charge in [-0.25, -0.2) is 0 Å². The van der Waals surface area contributed by atoms with Crippen molar-refractivity contribution in [1.82, 2.24) is 0 Å². The summed E-state index contributed by atoms with van der Waals surface area (Å²) >= 11 is 12.8. The quantitative estimate of drug-likeness (QED) is 0.545. The molecule has 0 heterocycles. The summed E-state index contributed by atoms with van der Waals surface area (Å²) in [7, 11) is 0. The Morgan fingerprint density at radius 3 is 1.78 bits per heavy atom. The molecule has 0 nitrogen and oxygen atoms in total. The molecule has 0 fully saturated rings. The molecule has 0 aliphatic heterocycles. The summed E-state index contributed by atoms with van der Waals surface area (Å²) < 4.78 is 0. The summed E-state index contributed by atoms with van der Waals surface area (Å²) in [6.07, 6.45) is 1.11. The van der Waals surface area contributed by atoms with Crippen LogP contribution in [0.3, 0.4) is 0 Å². The molecule has 1 atom stereocenters. The molecule has 0 amide bonds. The van der Waals surface area contributed by atoms with Gasteiger partial charge in [0, 0.05) is 5.25 Å². The lowest BCUT2D eigenvalue weighted by atomic mass is 10.1. The standard InChI is InChI=1S/C6H14S3/c1-2-6(9)5(3-7)4-8/h5-9H,2-4H2,1H3. The van der Waals surface area contributed by atoms with E-state index in [0.717, 1.165) is 17.9 Å². The van der Waals surface area contributed by atoms with E-state index in [0.29, 0.717) is 11.2 Å². The number of rotatable bonds is 4. The van der Waals surface area contributed by atoms with Crippen molar-refractivity contribution in [3.05, 3.63) is 0 Å². The van der Waals surface area contributed by atoms with Crippen LogP contribution in [-0.4, -0.2) is 16.8 Å². The lowest BCUT2D eigenvalue weighted by Crippen LogP contribution is -2.17. The zero-order valence-electron chi connectivity index (χ0n) is 5.62. The summed E-state index contributed by atoms with van der Waals surface area (Å²) in [5.74, 6) is 2.35. The summed E-state index contributed by atoms with van der Waals surface area (Å²) in [5, 5.41) is 0.472. The van der Waals surface area contributed by atoms with Gasteiger partial charge in [0.25, 0.3) is 0 Å². The summed E-state index contributed by atoms with van der Waals surface area (Å²) in [4.78, 5) is 0. The molecule has 0 aliphatic rings. The van der Waals surface area contributed by atoms with Crippen molar-refractivity contribution in [3.63, 3.8) is 0 Å². The van der Waals surface area contributed by atoms with Crippen LogP contribution < -0.4 is 0 Å². The molecule has 0 aromatic heterocycles. The molecule has 0 spiro atoms. The number of hydrogen-bond acceptors (Lipinski definition) is 3. The smallest absolute Gasteiger partial charge is 0.00580 e. The van der Waals surface area contributed by atoms with E-state index in [1.54, 1.807) is 0 Å². The number of thiol groups is 3. The molecule has 0 N–H and O–H groups in total. The molecule has 3 heteroatoms. The molecule has 1 unspecified atom stereocenters. The first kappa shape index (κ1) is 10.0. The molecular formula is C6H14S3. The Morgan fingerprint density at radius 1 is 1.22 bits per heavy atom. The average Bonchev–Trinajstić information content (AvgIpc) is 1.90. The highest BCUT2D eigenvalue weighted by atomic mass is 32.1. The maximum absolute atomic E-state index is 4.39. The Hall–Kier alpha value is 1.05. The highest BCUT2D eigenvalue weighted by molar-refractivity contribution is 7.82. The van der Waals surface area contributed by atoms with Crippen molar-refractivity contribution in [2.45, 2.75) is 18.6 Å². The van der Waals surface area contributed by atoms with Gasteiger partial charge in [0.2, 0.25) is 0 Å². The first-order chi connectivity index (χ1) is 4.26. The predicted octanol–water partition coefficient (Wildman–Crippen LogP) is 2.17. The maximum atomic E-state index is 4.39. The highest BCUT2D eigenvalue weighted by Crippen LogP contribution is 2.16. The predicted molar refractivity (Wildman–Crippen MR) is 54.3 cm³/mol. The van der Waals surface area contributed by atoms with Crippen LogP contribution in [0.15, 0.2) is 0 Å². The van der Waals surface area contributed by atoms with Crippen molar-refractivity contribution in [2.75, 3.05) is 11.5 Å². The first-order valence-corrected chi connectivity index (χ1v) is 4.94. The third kappa shape index (κ3) is 3.68. The lowest BCUT2D eigenvalue weighted by Gasteiger charge is -2.16. The summed E-state index contributed by atoms with van der Waals surface area (Å²) in [6.45, 7) is 2.14. The van der Waals surface area contributed by atoms with E-state index in [1.807, 2.05) is 0 Å². The molecule has 0 bridgehead atoms. The van der Waals surface area contributed by atoms with E-state index in [1.165, 1.54) is 0 Å². The summed E-state index contributed by atoms with van der Waals surface area (Å²) in [6, 6.07) is 0. The fraction of sp³-hybridized carbons (Fsp3) is 1.00. The largest absolute Gasteiger partial charge is 0.179 e. The van der Waals surface area contributed by atoms with Crippen LogP contribution in [0, 0.1) is 5.92 Å². The van der Waals surface area contributed by atoms with Gasteiger partial charge in [0.15, 0.2) is 0 Å². The average molecular weight is 182 g/mol. The second-order valence-corrected chi connectivity index (χ2v) is 3.49. The second kappa shape index (κ2) is 5.81. The Bertz CT molecular complexity index is 61.3. The lowest BCUT2D eigenvalue weighted by molar-refractivity contribution is 0.619. The zero-order valence-corrected chi connectivity index (χ0v) is 8.30. The molecule has 0 aliphatic carbocycles. The van der Waals surface area contributed by atoms with Crippen LogP contribution in [0.25, 0.3) is 0 Å². The normalized spacial score (nSPS) is 14.3. The topological polar surface area (TPSA) is 0 Å². The highest BCUT2D eigenvalue weighted by Gasteiger charge is 2.11. The minimum absolute atomic E-state index is 0.472. The Labute approximate surface area is 74.0 Å². The van der Waals surface area contributed by atoms with Crippen molar-refractivity contribution in [2.24, 2.45) is 5.92 Å². The summed E-state index contributed by atoms with van der Waals surface area (Å²) in [5.41, 5.74) is 0. The van der Waals surface area contributed by atoms with E-state index in [4.69, 9.17) is 0 Å². The Morgan fingerprint density at radius 2 is 1.67 bits per heavy atom. The molecular weight excluding hydrogens is 168 g/mol. The molecule has 0 aromatic rings. The molecule has 0 saturated carbocycles. The van der Waals surface area contributed by atoms with Gasteiger partial charge in [-0.2, -0.15) is 37.9 Å². The van der Waals surface area contributed by atoms with Gasteiger partial charge in [-0.05, 0) is 23.8 Å². The van der Waals surface area contributed by atoms with Crippen molar-refractivity contribution >= 4 is 37.9 Å². The fourth-order valence-electron chi connectivity index (χ4n) is 0.634. The minimum atomic E-state index is 0.472. The third-order valence-electron chi connectivity index (χ3n) is 1.43. The van der Waals surface area contributed by atoms with E-state index in [2.05, 4.69) is 44.8 Å². The molecule has 56 valence electrons. The van der Waals surface area contributed by atoms with Gasteiger partial charge >= 0.3 is 0 Å². The molecule has 0 aromatic carbocycles. The minimum Gasteiger partial charge on any atom is -0.179 e. The van der Waals surface area contributed by atoms with Crippen molar-refractivity contribution in [1.29, 1.82) is 0 Å². The van der Waals surface area contributed by atoms with Crippen LogP contribution in [0.2, 0.25) is 0 Å². The van der Waals surface area contributed by atoms with Gasteiger partial charge in [0.1, 0.15) is 0 Å². The van der Waals surface area contributed by atoms with E-state index in [-0.39, 0.29) is 0 Å². The van der Waals surface area contributed by atoms with Crippen molar-refractivity contribution < 1.29 is 0 Å². The zero-order chi connectivity index (χ0) is 7.28. The van der Waals surface area contributed by atoms with Crippen molar-refractivity contribution in [3.8, 4) is 0 Å². The van der Waals surface area contributed by atoms with Crippen LogP contribution in [0.4, 0.5) is 0 Å². The first-order valence-electron chi connectivity index (χ1n) is 3.16. The SMILES string of the molecule is CCC(S)C(CS)CS. The monoisotopic (exact) mass is 182 g/mol. The second-order valence-electron chi connectivity index (χ2n) is 2.10. The van der Waals surface area contributed by atoms with Crippen LogP contribution in [0.5, 0.6) is 0 Å². The van der Waals surface area contributed by atoms with Gasteiger partial charge in [-0.15, -0.1) is 0 Å². The molecule has 0 rings (SSSR count). The van der Waals surface area contributed by atoms with Crippen LogP contribution in [0.1, 0.15) is 13.3 Å². The van der Waals surface area contributed by atoms with Crippen LogP contribution >= 0.6 is 37.9 Å². The third-order valence-corrected chi connectivity index (χ3v) is 3.16. The van der Waals surface area contributed by atoms with Gasteiger partial charge in [-0.3, -0.25) is 0 Å². The van der Waals surface area contributed by atoms with Gasteiger partial charge < -0.3 is 0 Å². The fourth-order valence-corrected chi connectivity index (χ4v) is 2.15. The Kier molecular flexibility index (Phi) is 6.48. The Balaban J connectivity index is 3.50. The molecule has 9 heavy (non-hydrogen) atoms. The van der Waals surface area contributed by atoms with E-state index < -0.39 is 0 Å². The van der Waals surface area contributed by atoms with Gasteiger partial charge in [-0.1, -0.05) is 6.92 Å².